The summed E-state index contributed by atoms with van der Waals surface area (Å²) in [4.78, 5) is 13.3. The van der Waals surface area contributed by atoms with E-state index in [0.717, 1.165) is 18.4 Å². The van der Waals surface area contributed by atoms with Crippen LogP contribution in [0.15, 0.2) is 64.6 Å². The van der Waals surface area contributed by atoms with E-state index in [9.17, 15) is 13.2 Å². The Morgan fingerprint density at radius 1 is 1.13 bits per heavy atom. The number of hydrogen-bond acceptors (Lipinski definition) is 6. The van der Waals surface area contributed by atoms with Gasteiger partial charge in [-0.2, -0.15) is 5.10 Å². The van der Waals surface area contributed by atoms with Crippen LogP contribution in [0.2, 0.25) is 0 Å². The number of carbonyl (C=O) groups is 1. The molecule has 0 spiro atoms. The van der Waals surface area contributed by atoms with Crippen molar-refractivity contribution in [2.45, 2.75) is 49.2 Å². The zero-order chi connectivity index (χ0) is 21.8. The summed E-state index contributed by atoms with van der Waals surface area (Å²) in [6.45, 7) is 3.81. The molecule has 2 aromatic carbocycles. The quantitative estimate of drug-likeness (QED) is 0.313. The second-order valence-electron chi connectivity index (χ2n) is 7.87. The number of hydrazone groups is 1. The van der Waals surface area contributed by atoms with Gasteiger partial charge in [0, 0.05) is 6.42 Å². The molecule has 1 aliphatic heterocycles. The Balaban J connectivity index is 2.31. The summed E-state index contributed by atoms with van der Waals surface area (Å²) in [5, 5.41) is 3.53. The van der Waals surface area contributed by atoms with Crippen molar-refractivity contribution in [3.8, 4) is 0 Å². The van der Waals surface area contributed by atoms with Crippen molar-refractivity contribution in [2.75, 3.05) is 6.61 Å². The van der Waals surface area contributed by atoms with Gasteiger partial charge >= 0.3 is 5.97 Å². The summed E-state index contributed by atoms with van der Waals surface area (Å²) in [5.74, 6) is 4.78. The van der Waals surface area contributed by atoms with Crippen LogP contribution in [-0.2, 0) is 24.1 Å². The number of cyclic esters (lactones) is 1. The first-order valence-electron chi connectivity index (χ1n) is 10.1. The fraction of sp³-hybridized carbons (Fsp3) is 0.391. The van der Waals surface area contributed by atoms with Gasteiger partial charge in [-0.3, -0.25) is 4.79 Å². The standard InChI is InChI=1S/C23H28N2O4S/c1-3-4-14-22(2)21(26)29-16-15-23(22,19-12-10-18(11-13-19)17-25-24)30(27,28)20-8-6-5-7-9-20/h5-13,17H,3-4,14-16,24H2,1-2H3. The number of nitrogens with zero attached hydrogens (tertiary/aromatic N) is 1. The number of rotatable bonds is 7. The molecule has 0 bridgehead atoms. The topological polar surface area (TPSA) is 98.8 Å². The maximum Gasteiger partial charge on any atom is 0.313 e. The molecule has 0 radical (unpaired) electrons. The monoisotopic (exact) mass is 428 g/mol. The second kappa shape index (κ2) is 8.60. The van der Waals surface area contributed by atoms with Crippen LogP contribution in [0.25, 0.3) is 0 Å². The first kappa shape index (κ1) is 22.0. The molecule has 2 N–H and O–H groups in total. The number of sulfone groups is 1. The van der Waals surface area contributed by atoms with Crippen molar-refractivity contribution in [3.05, 3.63) is 65.7 Å². The molecule has 0 amide bonds. The molecular formula is C23H28N2O4S. The molecule has 3 rings (SSSR count). The molecule has 2 atom stereocenters. The van der Waals surface area contributed by atoms with Gasteiger partial charge in [-0.1, -0.05) is 62.2 Å². The maximum absolute atomic E-state index is 14.2. The van der Waals surface area contributed by atoms with E-state index in [1.54, 1.807) is 61.5 Å². The van der Waals surface area contributed by atoms with Gasteiger partial charge in [0.25, 0.3) is 0 Å². The third-order valence-electron chi connectivity index (χ3n) is 6.17. The van der Waals surface area contributed by atoms with Gasteiger partial charge in [0.05, 0.1) is 23.1 Å². The summed E-state index contributed by atoms with van der Waals surface area (Å²) in [7, 11) is -3.93. The average molecular weight is 429 g/mol. The lowest BCUT2D eigenvalue weighted by Crippen LogP contribution is -2.58. The predicted molar refractivity (Wildman–Crippen MR) is 117 cm³/mol. The zero-order valence-electron chi connectivity index (χ0n) is 17.4. The van der Waals surface area contributed by atoms with Crippen molar-refractivity contribution < 1.29 is 17.9 Å². The van der Waals surface area contributed by atoms with Crippen LogP contribution in [0, 0.1) is 5.41 Å². The van der Waals surface area contributed by atoms with Gasteiger partial charge in [-0.05, 0) is 36.6 Å². The van der Waals surface area contributed by atoms with E-state index in [4.69, 9.17) is 10.6 Å². The Kier molecular flexibility index (Phi) is 6.31. The van der Waals surface area contributed by atoms with E-state index in [2.05, 4.69) is 5.10 Å². The summed E-state index contributed by atoms with van der Waals surface area (Å²) >= 11 is 0. The minimum Gasteiger partial charge on any atom is -0.465 e. The summed E-state index contributed by atoms with van der Waals surface area (Å²) < 4.78 is 32.4. The molecule has 0 saturated carbocycles. The number of esters is 1. The van der Waals surface area contributed by atoms with Crippen LogP contribution in [0.4, 0.5) is 0 Å². The largest absolute Gasteiger partial charge is 0.465 e. The summed E-state index contributed by atoms with van der Waals surface area (Å²) in [6, 6.07) is 15.4. The second-order valence-corrected chi connectivity index (χ2v) is 10.0. The molecule has 1 heterocycles. The number of benzene rings is 2. The van der Waals surface area contributed by atoms with Crippen LogP contribution >= 0.6 is 0 Å². The summed E-state index contributed by atoms with van der Waals surface area (Å²) in [5.41, 5.74) is 0.109. The molecule has 2 unspecified atom stereocenters. The Morgan fingerprint density at radius 3 is 2.40 bits per heavy atom. The molecule has 0 aliphatic carbocycles. The molecule has 1 aliphatic rings. The highest BCUT2D eigenvalue weighted by Crippen LogP contribution is 2.56. The van der Waals surface area contributed by atoms with Crippen molar-refractivity contribution >= 4 is 22.0 Å². The number of ether oxygens (including phenoxy) is 1. The predicted octanol–water partition coefficient (Wildman–Crippen LogP) is 3.79. The third kappa shape index (κ3) is 3.41. The SMILES string of the molecule is CCCCC1(C)C(=O)OCCC1(c1ccc(C=NN)cc1)S(=O)(=O)c1ccccc1. The third-order valence-corrected chi connectivity index (χ3v) is 8.87. The molecule has 160 valence electrons. The van der Waals surface area contributed by atoms with Crippen molar-refractivity contribution in [2.24, 2.45) is 16.4 Å². The molecular weight excluding hydrogens is 400 g/mol. The number of hydrogen-bond donors (Lipinski definition) is 1. The fourth-order valence-corrected chi connectivity index (χ4v) is 6.99. The molecule has 1 saturated heterocycles. The number of nitrogens with two attached hydrogens (primary N) is 1. The van der Waals surface area contributed by atoms with Gasteiger partial charge in [0.2, 0.25) is 0 Å². The van der Waals surface area contributed by atoms with Crippen molar-refractivity contribution in [3.63, 3.8) is 0 Å². The normalized spacial score (nSPS) is 24.7. The molecule has 6 nitrogen and oxygen atoms in total. The lowest BCUT2D eigenvalue weighted by atomic mass is 9.67. The highest BCUT2D eigenvalue weighted by atomic mass is 32.2. The Hall–Kier alpha value is -2.67. The van der Waals surface area contributed by atoms with Crippen LogP contribution in [0.1, 0.15) is 50.7 Å². The Bertz CT molecular complexity index is 1020. The van der Waals surface area contributed by atoms with Crippen LogP contribution in [0.5, 0.6) is 0 Å². The zero-order valence-corrected chi connectivity index (χ0v) is 18.2. The molecule has 0 aromatic heterocycles. The van der Waals surface area contributed by atoms with Crippen LogP contribution in [0.3, 0.4) is 0 Å². The fourth-order valence-electron chi connectivity index (χ4n) is 4.50. The van der Waals surface area contributed by atoms with Crippen molar-refractivity contribution in [1.29, 1.82) is 0 Å². The van der Waals surface area contributed by atoms with Gasteiger partial charge < -0.3 is 10.6 Å². The summed E-state index contributed by atoms with van der Waals surface area (Å²) in [6.07, 6.45) is 3.67. The van der Waals surface area contributed by atoms with Gasteiger partial charge in [0.1, 0.15) is 4.75 Å². The van der Waals surface area contributed by atoms with Gasteiger partial charge in [0.15, 0.2) is 9.84 Å². The Labute approximate surface area is 178 Å². The lowest BCUT2D eigenvalue weighted by Gasteiger charge is -2.49. The highest BCUT2D eigenvalue weighted by Gasteiger charge is 2.64. The molecule has 7 heteroatoms. The van der Waals surface area contributed by atoms with E-state index in [1.165, 1.54) is 6.21 Å². The first-order valence-corrected chi connectivity index (χ1v) is 11.6. The Morgan fingerprint density at radius 2 is 1.80 bits per heavy atom. The maximum atomic E-state index is 14.2. The van der Waals surface area contributed by atoms with Gasteiger partial charge in [-0.15, -0.1) is 0 Å². The van der Waals surface area contributed by atoms with E-state index in [1.807, 2.05) is 6.92 Å². The van der Waals surface area contributed by atoms with E-state index >= 15 is 0 Å². The average Bonchev–Trinajstić information content (AvgIpc) is 2.76. The minimum atomic E-state index is -3.93. The molecule has 30 heavy (non-hydrogen) atoms. The minimum absolute atomic E-state index is 0.0542. The highest BCUT2D eigenvalue weighted by molar-refractivity contribution is 7.92. The molecule has 2 aromatic rings. The van der Waals surface area contributed by atoms with E-state index < -0.39 is 26.0 Å². The molecule has 1 fully saturated rings. The smallest absolute Gasteiger partial charge is 0.313 e. The lowest BCUT2D eigenvalue weighted by molar-refractivity contribution is -0.165. The van der Waals surface area contributed by atoms with Crippen molar-refractivity contribution in [1.82, 2.24) is 0 Å². The van der Waals surface area contributed by atoms with E-state index in [0.29, 0.717) is 12.0 Å². The number of unbranched alkanes of at least 4 members (excludes halogenated alkanes) is 1. The number of carbonyl (C=O) groups excluding carboxylic acids is 1. The van der Waals surface area contributed by atoms with Gasteiger partial charge in [-0.25, -0.2) is 8.42 Å². The van der Waals surface area contributed by atoms with Crippen LogP contribution < -0.4 is 5.84 Å². The van der Waals surface area contributed by atoms with Crippen LogP contribution in [-0.4, -0.2) is 27.2 Å². The first-order chi connectivity index (χ1) is 14.3. The van der Waals surface area contributed by atoms with E-state index in [-0.39, 0.29) is 17.9 Å².